The van der Waals surface area contributed by atoms with Gasteiger partial charge in [-0.2, -0.15) is 0 Å². The van der Waals surface area contributed by atoms with Crippen molar-refractivity contribution in [1.82, 2.24) is 10.2 Å². The molecular formula is C23H30ClN3O5. The molecule has 174 valence electrons. The van der Waals surface area contributed by atoms with Crippen LogP contribution in [0.3, 0.4) is 0 Å². The molecule has 1 saturated heterocycles. The molecule has 0 bridgehead atoms. The second-order valence-corrected chi connectivity index (χ2v) is 10.3. The fraction of sp³-hybridized carbons (Fsp3) is 0.565. The highest BCUT2D eigenvalue weighted by atomic mass is 35.5. The topological polar surface area (TPSA) is 105 Å². The molecule has 4 amide bonds. The molecule has 3 rings (SSSR count). The molecule has 2 N–H and O–H groups in total. The number of nitrogens with one attached hydrogen (secondary N) is 2. The Hall–Kier alpha value is -2.61. The molecule has 1 heterocycles. The van der Waals surface area contributed by atoms with Gasteiger partial charge < -0.3 is 15.4 Å². The van der Waals surface area contributed by atoms with Gasteiger partial charge in [0.1, 0.15) is 12.1 Å². The average Bonchev–Trinajstić information content (AvgIpc) is 2.84. The maximum Gasteiger partial charge on any atom is 0.326 e. The lowest BCUT2D eigenvalue weighted by atomic mass is 9.64. The molecule has 9 heteroatoms. The van der Waals surface area contributed by atoms with Crippen molar-refractivity contribution < 1.29 is 23.9 Å². The molecule has 1 aliphatic carbocycles. The minimum atomic E-state index is -0.990. The lowest BCUT2D eigenvalue weighted by Gasteiger charge is -2.43. The van der Waals surface area contributed by atoms with Crippen molar-refractivity contribution in [3.63, 3.8) is 0 Å². The number of esters is 1. The number of hydrogen-bond acceptors (Lipinski definition) is 5. The second kappa shape index (κ2) is 8.73. The number of aryl methyl sites for hydroxylation is 2. The zero-order valence-corrected chi connectivity index (χ0v) is 19.9. The smallest absolute Gasteiger partial charge is 0.326 e. The third-order valence-corrected chi connectivity index (χ3v) is 6.27. The van der Waals surface area contributed by atoms with E-state index < -0.39 is 42.5 Å². The maximum atomic E-state index is 13.1. The monoisotopic (exact) mass is 463 g/mol. The van der Waals surface area contributed by atoms with Crippen LogP contribution in [0.1, 0.15) is 51.2 Å². The number of nitrogens with zero attached hydrogens (tertiary/aromatic N) is 1. The van der Waals surface area contributed by atoms with E-state index in [-0.39, 0.29) is 11.3 Å². The summed E-state index contributed by atoms with van der Waals surface area (Å²) < 4.78 is 5.01. The number of carbonyl (C=O) groups excluding carboxylic acids is 4. The Kier molecular flexibility index (Phi) is 6.56. The van der Waals surface area contributed by atoms with Crippen molar-refractivity contribution in [2.45, 2.75) is 59.4 Å². The summed E-state index contributed by atoms with van der Waals surface area (Å²) in [4.78, 5) is 51.0. The van der Waals surface area contributed by atoms with Gasteiger partial charge in [0.25, 0.3) is 11.8 Å². The quantitative estimate of drug-likeness (QED) is 0.513. The van der Waals surface area contributed by atoms with Crippen LogP contribution in [0.25, 0.3) is 0 Å². The van der Waals surface area contributed by atoms with Gasteiger partial charge >= 0.3 is 12.0 Å². The normalized spacial score (nSPS) is 24.4. The number of halogens is 1. The predicted molar refractivity (Wildman–Crippen MR) is 120 cm³/mol. The highest BCUT2D eigenvalue weighted by Gasteiger charge is 2.56. The standard InChI is InChI=1S/C23H30ClN3O5/c1-13-6-15(3)19(16(24)7-13)25-17(28)11-32-18(29)10-27-20(30)23(26-21(27)31)9-14(2)8-22(4,5)12-23/h6-7,14H,8-12H2,1-5H3,(H,25,28)(H,26,31). The lowest BCUT2D eigenvalue weighted by Crippen LogP contribution is -2.54. The molecule has 1 saturated carbocycles. The molecule has 0 aromatic heterocycles. The number of urea groups is 1. The van der Waals surface area contributed by atoms with Crippen molar-refractivity contribution >= 4 is 41.1 Å². The van der Waals surface area contributed by atoms with Crippen LogP contribution in [0, 0.1) is 25.2 Å². The zero-order valence-electron chi connectivity index (χ0n) is 19.1. The average molecular weight is 464 g/mol. The lowest BCUT2D eigenvalue weighted by molar-refractivity contribution is -0.150. The molecule has 2 unspecified atom stereocenters. The van der Waals surface area contributed by atoms with E-state index in [0.717, 1.165) is 22.4 Å². The van der Waals surface area contributed by atoms with Gasteiger partial charge in [-0.25, -0.2) is 4.79 Å². The van der Waals surface area contributed by atoms with Crippen molar-refractivity contribution in [2.24, 2.45) is 11.3 Å². The first-order chi connectivity index (χ1) is 14.8. The summed E-state index contributed by atoms with van der Waals surface area (Å²) in [6.45, 7) is 8.80. The Morgan fingerprint density at radius 1 is 1.25 bits per heavy atom. The molecule has 2 aliphatic rings. The van der Waals surface area contributed by atoms with Crippen LogP contribution in [0.4, 0.5) is 10.5 Å². The molecule has 1 aromatic carbocycles. The molecule has 32 heavy (non-hydrogen) atoms. The fourth-order valence-electron chi connectivity index (χ4n) is 5.22. The third-order valence-electron chi connectivity index (χ3n) is 5.97. The molecule has 1 aromatic rings. The summed E-state index contributed by atoms with van der Waals surface area (Å²) in [5, 5.41) is 5.82. The summed E-state index contributed by atoms with van der Waals surface area (Å²) in [6, 6.07) is 2.98. The van der Waals surface area contributed by atoms with Crippen LogP contribution in [0.5, 0.6) is 0 Å². The van der Waals surface area contributed by atoms with Gasteiger partial charge in [0, 0.05) is 0 Å². The highest BCUT2D eigenvalue weighted by molar-refractivity contribution is 6.34. The Morgan fingerprint density at radius 3 is 2.56 bits per heavy atom. The summed E-state index contributed by atoms with van der Waals surface area (Å²) in [5.74, 6) is -1.56. The van der Waals surface area contributed by atoms with E-state index in [1.807, 2.05) is 13.0 Å². The summed E-state index contributed by atoms with van der Waals surface area (Å²) >= 11 is 6.18. The molecule has 8 nitrogen and oxygen atoms in total. The Balaban J connectivity index is 1.58. The van der Waals surface area contributed by atoms with Gasteiger partial charge in [-0.3, -0.25) is 19.3 Å². The summed E-state index contributed by atoms with van der Waals surface area (Å²) in [7, 11) is 0. The molecule has 2 atom stereocenters. The first kappa shape index (κ1) is 24.0. The van der Waals surface area contributed by atoms with Crippen molar-refractivity contribution in [1.29, 1.82) is 0 Å². The second-order valence-electron chi connectivity index (χ2n) is 9.91. The number of rotatable bonds is 5. The van der Waals surface area contributed by atoms with Crippen molar-refractivity contribution in [3.05, 3.63) is 28.3 Å². The van der Waals surface area contributed by atoms with E-state index in [1.165, 1.54) is 0 Å². The number of ether oxygens (including phenoxy) is 1. The van der Waals surface area contributed by atoms with Crippen LogP contribution in [0.2, 0.25) is 5.02 Å². The van der Waals surface area contributed by atoms with Crippen molar-refractivity contribution in [2.75, 3.05) is 18.5 Å². The van der Waals surface area contributed by atoms with Crippen molar-refractivity contribution in [3.8, 4) is 0 Å². The van der Waals surface area contributed by atoms with Gasteiger partial charge in [-0.05, 0) is 61.6 Å². The number of imide groups is 1. The molecule has 2 fully saturated rings. The minimum Gasteiger partial charge on any atom is -0.454 e. The van der Waals surface area contributed by atoms with Gasteiger partial charge in [-0.1, -0.05) is 38.4 Å². The van der Waals surface area contributed by atoms with Crippen LogP contribution in [-0.4, -0.2) is 47.4 Å². The number of amides is 4. The maximum absolute atomic E-state index is 13.1. The fourth-order valence-corrected chi connectivity index (χ4v) is 5.59. The van der Waals surface area contributed by atoms with E-state index in [4.69, 9.17) is 16.3 Å². The van der Waals surface area contributed by atoms with Crippen LogP contribution >= 0.6 is 11.6 Å². The Morgan fingerprint density at radius 2 is 1.94 bits per heavy atom. The number of hydrogen-bond donors (Lipinski definition) is 2. The molecular weight excluding hydrogens is 434 g/mol. The highest BCUT2D eigenvalue weighted by Crippen LogP contribution is 2.46. The SMILES string of the molecule is Cc1cc(C)c(NC(=O)COC(=O)CN2C(=O)NC3(CC(C)CC(C)(C)C3)C2=O)c(Cl)c1. The Labute approximate surface area is 193 Å². The van der Waals surface area contributed by atoms with Crippen LogP contribution in [-0.2, 0) is 19.1 Å². The molecule has 0 radical (unpaired) electrons. The molecule has 1 aliphatic heterocycles. The first-order valence-corrected chi connectivity index (χ1v) is 11.1. The van der Waals surface area contributed by atoms with E-state index in [9.17, 15) is 19.2 Å². The van der Waals surface area contributed by atoms with Crippen LogP contribution in [0.15, 0.2) is 12.1 Å². The van der Waals surface area contributed by atoms with Gasteiger partial charge in [0.2, 0.25) is 0 Å². The summed E-state index contributed by atoms with van der Waals surface area (Å²) in [6.07, 6.45) is 2.00. The first-order valence-electron chi connectivity index (χ1n) is 10.7. The zero-order chi connectivity index (χ0) is 23.8. The van der Waals surface area contributed by atoms with E-state index >= 15 is 0 Å². The van der Waals surface area contributed by atoms with Gasteiger partial charge in [0.15, 0.2) is 6.61 Å². The van der Waals surface area contributed by atoms with Gasteiger partial charge in [0.05, 0.1) is 10.7 Å². The number of carbonyl (C=O) groups is 4. The minimum absolute atomic E-state index is 0.107. The van der Waals surface area contributed by atoms with E-state index in [0.29, 0.717) is 23.6 Å². The third kappa shape index (κ3) is 5.06. The predicted octanol–water partition coefficient (Wildman–Crippen LogP) is 3.58. The number of anilines is 1. The largest absolute Gasteiger partial charge is 0.454 e. The van der Waals surface area contributed by atoms with Gasteiger partial charge in [-0.15, -0.1) is 0 Å². The van der Waals surface area contributed by atoms with Crippen LogP contribution < -0.4 is 10.6 Å². The summed E-state index contributed by atoms with van der Waals surface area (Å²) in [5.41, 5.74) is 1.09. The number of benzene rings is 1. The molecule has 1 spiro atoms. The van der Waals surface area contributed by atoms with E-state index in [2.05, 4.69) is 31.4 Å². The Bertz CT molecular complexity index is 953. The van der Waals surface area contributed by atoms with E-state index in [1.54, 1.807) is 13.0 Å².